The zero-order valence-electron chi connectivity index (χ0n) is 22.2. The molecule has 0 bridgehead atoms. The van der Waals surface area contributed by atoms with Crippen molar-refractivity contribution in [2.24, 2.45) is 0 Å². The third-order valence-corrected chi connectivity index (χ3v) is 8.20. The van der Waals surface area contributed by atoms with Crippen LogP contribution in [0.15, 0.2) is 47.4 Å². The Hall–Kier alpha value is -3.94. The summed E-state index contributed by atoms with van der Waals surface area (Å²) in [5.41, 5.74) is -1.42. The number of benzene rings is 2. The maximum Gasteiger partial charge on any atom is 0.435 e. The number of anilines is 1. The first-order valence-electron chi connectivity index (χ1n) is 12.3. The van der Waals surface area contributed by atoms with E-state index in [9.17, 15) is 26.4 Å². The van der Waals surface area contributed by atoms with Crippen LogP contribution in [0.1, 0.15) is 37.7 Å². The first kappa shape index (κ1) is 27.6. The minimum atomic E-state index is -4.80. The highest BCUT2D eigenvalue weighted by Crippen LogP contribution is 2.38. The topological polar surface area (TPSA) is 103 Å². The molecular formula is C26H27F3N4O6S. The van der Waals surface area contributed by atoms with E-state index in [0.717, 1.165) is 8.99 Å². The van der Waals surface area contributed by atoms with Crippen LogP contribution in [-0.2, 0) is 33.9 Å². The SMILES string of the molecule is CN(c1ccc2c(c1)OCO2)S(=O)(=O)c1cccc(-n2nc(C(F)(F)F)c3c2CCN(C(=O)OC(C)(C)C)C3)c1. The van der Waals surface area contributed by atoms with Crippen molar-refractivity contribution in [2.45, 2.75) is 50.4 Å². The largest absolute Gasteiger partial charge is 0.454 e. The van der Waals surface area contributed by atoms with Crippen LogP contribution in [0.3, 0.4) is 0 Å². The summed E-state index contributed by atoms with van der Waals surface area (Å²) in [6.45, 7) is 4.81. The summed E-state index contributed by atoms with van der Waals surface area (Å²) in [5.74, 6) is 0.891. The Labute approximate surface area is 228 Å². The molecule has 40 heavy (non-hydrogen) atoms. The maximum atomic E-state index is 14.0. The quantitative estimate of drug-likeness (QED) is 0.439. The molecular weight excluding hydrogens is 553 g/mol. The second kappa shape index (κ2) is 9.61. The maximum absolute atomic E-state index is 14.0. The molecule has 0 unspecified atom stereocenters. The van der Waals surface area contributed by atoms with E-state index < -0.39 is 33.6 Å². The van der Waals surface area contributed by atoms with Crippen LogP contribution in [-0.4, -0.2) is 55.2 Å². The highest BCUT2D eigenvalue weighted by Gasteiger charge is 2.42. The molecule has 1 aromatic heterocycles. The Balaban J connectivity index is 1.50. The summed E-state index contributed by atoms with van der Waals surface area (Å²) in [5, 5.41) is 3.84. The molecule has 0 fully saturated rings. The van der Waals surface area contributed by atoms with Gasteiger partial charge < -0.3 is 19.1 Å². The van der Waals surface area contributed by atoms with E-state index in [1.54, 1.807) is 32.9 Å². The first-order chi connectivity index (χ1) is 18.6. The lowest BCUT2D eigenvalue weighted by atomic mass is 10.0. The number of amides is 1. The number of carbonyl (C=O) groups is 1. The monoisotopic (exact) mass is 580 g/mol. The van der Waals surface area contributed by atoms with Crippen LogP contribution in [0.5, 0.6) is 11.5 Å². The summed E-state index contributed by atoms with van der Waals surface area (Å²) in [4.78, 5) is 13.6. The van der Waals surface area contributed by atoms with Gasteiger partial charge in [0.25, 0.3) is 10.0 Å². The standard InChI is InChI=1S/C26H27F3N4O6S/c1-25(2,3)39-24(34)32-11-10-20-19(14-32)23(26(27,28)29)30-33(20)17-6-5-7-18(12-17)40(35,36)31(4)16-8-9-21-22(13-16)38-15-37-21/h5-9,12-13H,10-11,14-15H2,1-4H3. The minimum Gasteiger partial charge on any atom is -0.454 e. The van der Waals surface area contributed by atoms with E-state index in [1.807, 2.05) is 0 Å². The van der Waals surface area contributed by atoms with E-state index in [2.05, 4.69) is 5.10 Å². The lowest BCUT2D eigenvalue weighted by Crippen LogP contribution is -2.40. The molecule has 0 aliphatic carbocycles. The van der Waals surface area contributed by atoms with Gasteiger partial charge in [0.1, 0.15) is 5.60 Å². The van der Waals surface area contributed by atoms with Crippen molar-refractivity contribution in [1.82, 2.24) is 14.7 Å². The minimum absolute atomic E-state index is 0.0287. The Morgan fingerprint density at radius 1 is 1.07 bits per heavy atom. The molecule has 0 saturated heterocycles. The van der Waals surface area contributed by atoms with Gasteiger partial charge >= 0.3 is 12.3 Å². The predicted octanol–water partition coefficient (Wildman–Crippen LogP) is 4.74. The van der Waals surface area contributed by atoms with Gasteiger partial charge in [0.15, 0.2) is 17.2 Å². The highest BCUT2D eigenvalue weighted by atomic mass is 32.2. The van der Waals surface area contributed by atoms with E-state index in [0.29, 0.717) is 17.2 Å². The number of halogens is 3. The van der Waals surface area contributed by atoms with E-state index in [4.69, 9.17) is 14.2 Å². The molecule has 1 amide bonds. The van der Waals surface area contributed by atoms with Gasteiger partial charge in [-0.1, -0.05) is 6.07 Å². The number of ether oxygens (including phenoxy) is 3. The van der Waals surface area contributed by atoms with Crippen LogP contribution in [0.2, 0.25) is 0 Å². The number of carbonyl (C=O) groups excluding carboxylic acids is 1. The van der Waals surface area contributed by atoms with Crippen LogP contribution >= 0.6 is 0 Å². The van der Waals surface area contributed by atoms with Crippen LogP contribution < -0.4 is 13.8 Å². The molecule has 2 aromatic carbocycles. The molecule has 5 rings (SSSR count). The van der Waals surface area contributed by atoms with Crippen LogP contribution in [0, 0.1) is 0 Å². The summed E-state index contributed by atoms with van der Waals surface area (Å²) in [6, 6.07) is 10.2. The average molecular weight is 581 g/mol. The van der Waals surface area contributed by atoms with Crippen molar-refractivity contribution in [1.29, 1.82) is 0 Å². The fraction of sp³-hybridized carbons (Fsp3) is 0.385. The third-order valence-electron chi connectivity index (χ3n) is 6.42. The Morgan fingerprint density at radius 3 is 2.50 bits per heavy atom. The number of aromatic nitrogens is 2. The smallest absolute Gasteiger partial charge is 0.435 e. The lowest BCUT2D eigenvalue weighted by molar-refractivity contribution is -0.142. The normalized spacial score (nSPS) is 15.1. The molecule has 3 aromatic rings. The number of nitrogens with zero attached hydrogens (tertiary/aromatic N) is 4. The van der Waals surface area contributed by atoms with Gasteiger partial charge in [-0.25, -0.2) is 17.9 Å². The van der Waals surface area contributed by atoms with Gasteiger partial charge in [-0.3, -0.25) is 4.31 Å². The molecule has 0 N–H and O–H groups in total. The molecule has 14 heteroatoms. The Kier molecular flexibility index (Phi) is 6.63. The fourth-order valence-corrected chi connectivity index (χ4v) is 5.72. The summed E-state index contributed by atoms with van der Waals surface area (Å²) in [7, 11) is -2.75. The van der Waals surface area contributed by atoms with Crippen molar-refractivity contribution in [3.63, 3.8) is 0 Å². The van der Waals surface area contributed by atoms with Gasteiger partial charge in [0.2, 0.25) is 6.79 Å². The summed E-state index contributed by atoms with van der Waals surface area (Å²) in [6.07, 6.45) is -5.46. The molecule has 0 spiro atoms. The number of hydrogen-bond acceptors (Lipinski definition) is 7. The highest BCUT2D eigenvalue weighted by molar-refractivity contribution is 7.92. The van der Waals surface area contributed by atoms with Gasteiger partial charge in [-0.15, -0.1) is 0 Å². The van der Waals surface area contributed by atoms with E-state index in [-0.39, 0.29) is 48.1 Å². The van der Waals surface area contributed by atoms with Crippen LogP contribution in [0.4, 0.5) is 23.7 Å². The van der Waals surface area contributed by atoms with Crippen molar-refractivity contribution in [3.8, 4) is 17.2 Å². The first-order valence-corrected chi connectivity index (χ1v) is 13.7. The molecule has 2 aliphatic rings. The van der Waals surface area contributed by atoms with Crippen molar-refractivity contribution >= 4 is 21.8 Å². The Morgan fingerprint density at radius 2 is 1.80 bits per heavy atom. The third kappa shape index (κ3) is 5.15. The molecule has 2 aliphatic heterocycles. The van der Waals surface area contributed by atoms with Gasteiger partial charge in [0.05, 0.1) is 28.5 Å². The average Bonchev–Trinajstić information content (AvgIpc) is 3.51. The number of alkyl halides is 3. The number of hydrogen-bond donors (Lipinski definition) is 0. The van der Waals surface area contributed by atoms with Crippen LogP contribution in [0.25, 0.3) is 5.69 Å². The molecule has 0 radical (unpaired) electrons. The zero-order valence-corrected chi connectivity index (χ0v) is 23.0. The van der Waals surface area contributed by atoms with Gasteiger partial charge in [-0.2, -0.15) is 18.3 Å². The van der Waals surface area contributed by atoms with Crippen molar-refractivity contribution in [3.05, 3.63) is 59.4 Å². The summed E-state index contributed by atoms with van der Waals surface area (Å²) < 4.78 is 87.2. The summed E-state index contributed by atoms with van der Waals surface area (Å²) >= 11 is 0. The second-order valence-electron chi connectivity index (χ2n) is 10.3. The predicted molar refractivity (Wildman–Crippen MR) is 137 cm³/mol. The van der Waals surface area contributed by atoms with Crippen molar-refractivity contribution < 1.29 is 40.6 Å². The Bertz CT molecular complexity index is 1580. The number of fused-ring (bicyclic) bond motifs is 2. The molecule has 3 heterocycles. The van der Waals surface area contributed by atoms with Gasteiger partial charge in [-0.05, 0) is 51.1 Å². The second-order valence-corrected chi connectivity index (χ2v) is 12.3. The molecule has 0 saturated carbocycles. The molecule has 0 atom stereocenters. The van der Waals surface area contributed by atoms with Crippen molar-refractivity contribution in [2.75, 3.05) is 24.7 Å². The fourth-order valence-electron chi connectivity index (χ4n) is 4.50. The lowest BCUT2D eigenvalue weighted by Gasteiger charge is -2.30. The van der Waals surface area contributed by atoms with E-state index >= 15 is 0 Å². The number of sulfonamides is 1. The van der Waals surface area contributed by atoms with E-state index in [1.165, 1.54) is 42.3 Å². The van der Waals surface area contributed by atoms with Gasteiger partial charge in [0, 0.05) is 31.6 Å². The zero-order chi connectivity index (χ0) is 29.0. The number of rotatable bonds is 4. The molecule has 10 nitrogen and oxygen atoms in total. The molecule has 214 valence electrons.